The van der Waals surface area contributed by atoms with E-state index >= 15 is 0 Å². The molecule has 1 heterocycles. The van der Waals surface area contributed by atoms with E-state index < -0.39 is 0 Å². The Labute approximate surface area is 178 Å². The third-order valence-electron chi connectivity index (χ3n) is 3.77. The highest BCUT2D eigenvalue weighted by molar-refractivity contribution is 14.0. The maximum absolute atomic E-state index is 4.64. The van der Waals surface area contributed by atoms with Gasteiger partial charge in [0.2, 0.25) is 0 Å². The number of halogens is 1. The number of aromatic nitrogens is 1. The first kappa shape index (κ1) is 22.7. The van der Waals surface area contributed by atoms with Crippen LogP contribution < -0.4 is 15.5 Å². The number of hydrogen-bond donors (Lipinski definition) is 2. The van der Waals surface area contributed by atoms with E-state index in [0.717, 1.165) is 43.4 Å². The summed E-state index contributed by atoms with van der Waals surface area (Å²) in [7, 11) is 4.12. The van der Waals surface area contributed by atoms with Gasteiger partial charge in [-0.15, -0.1) is 35.3 Å². The average Bonchev–Trinajstić information content (AvgIpc) is 3.00. The molecule has 0 saturated heterocycles. The molecule has 1 aromatic carbocycles. The summed E-state index contributed by atoms with van der Waals surface area (Å²) in [6.45, 7) is 6.64. The van der Waals surface area contributed by atoms with Crippen molar-refractivity contribution in [3.8, 4) is 0 Å². The first-order valence-corrected chi connectivity index (χ1v) is 9.60. The molecule has 0 aliphatic heterocycles. The van der Waals surface area contributed by atoms with Crippen molar-refractivity contribution >= 4 is 47.0 Å². The fraction of sp³-hybridized carbons (Fsp3) is 0.474. The lowest BCUT2D eigenvalue weighted by atomic mass is 10.1. The first-order valence-electron chi connectivity index (χ1n) is 8.78. The van der Waals surface area contributed by atoms with Crippen LogP contribution in [-0.2, 0) is 12.8 Å². The van der Waals surface area contributed by atoms with E-state index in [9.17, 15) is 0 Å². The lowest BCUT2D eigenvalue weighted by molar-refractivity contribution is 0.796. The van der Waals surface area contributed by atoms with Crippen LogP contribution in [0.4, 0.5) is 5.69 Å². The van der Waals surface area contributed by atoms with Gasteiger partial charge < -0.3 is 15.5 Å². The molecule has 1 aromatic heterocycles. The van der Waals surface area contributed by atoms with Crippen LogP contribution in [0.3, 0.4) is 0 Å². The smallest absolute Gasteiger partial charge is 0.191 e. The zero-order valence-electron chi connectivity index (χ0n) is 16.1. The van der Waals surface area contributed by atoms with Crippen molar-refractivity contribution in [2.45, 2.75) is 26.7 Å². The van der Waals surface area contributed by atoms with Crippen molar-refractivity contribution in [2.24, 2.45) is 4.99 Å². The summed E-state index contributed by atoms with van der Waals surface area (Å²) in [4.78, 5) is 12.4. The minimum Gasteiger partial charge on any atom is -0.378 e. The summed E-state index contributed by atoms with van der Waals surface area (Å²) >= 11 is 1.75. The van der Waals surface area contributed by atoms with Gasteiger partial charge in [0.1, 0.15) is 0 Å². The molecule has 0 aliphatic carbocycles. The normalized spacial score (nSPS) is 11.0. The molecular formula is C19H30IN5S. The van der Waals surface area contributed by atoms with Crippen LogP contribution >= 0.6 is 35.3 Å². The van der Waals surface area contributed by atoms with Gasteiger partial charge >= 0.3 is 0 Å². The van der Waals surface area contributed by atoms with Crippen molar-refractivity contribution in [3.05, 3.63) is 45.9 Å². The highest BCUT2D eigenvalue weighted by Gasteiger charge is 2.01. The number of aliphatic imine (C=N–C) groups is 1. The molecule has 0 amide bonds. The van der Waals surface area contributed by atoms with E-state index in [1.165, 1.54) is 16.1 Å². The van der Waals surface area contributed by atoms with Crippen molar-refractivity contribution in [1.29, 1.82) is 0 Å². The van der Waals surface area contributed by atoms with Crippen molar-refractivity contribution < 1.29 is 0 Å². The second-order valence-electron chi connectivity index (χ2n) is 6.11. The van der Waals surface area contributed by atoms with E-state index in [2.05, 4.69) is 77.7 Å². The van der Waals surface area contributed by atoms with Gasteiger partial charge in [-0.1, -0.05) is 12.1 Å². The number of thiazole rings is 1. The third kappa shape index (κ3) is 7.90. The lowest BCUT2D eigenvalue weighted by Gasteiger charge is -2.13. The van der Waals surface area contributed by atoms with Crippen LogP contribution in [-0.4, -0.2) is 44.7 Å². The molecule has 2 rings (SSSR count). The average molecular weight is 487 g/mol. The van der Waals surface area contributed by atoms with Crippen molar-refractivity contribution in [1.82, 2.24) is 15.6 Å². The van der Waals surface area contributed by atoms with E-state index in [4.69, 9.17) is 0 Å². The Morgan fingerprint density at radius 1 is 1.15 bits per heavy atom. The third-order valence-corrected chi connectivity index (χ3v) is 4.74. The van der Waals surface area contributed by atoms with Gasteiger partial charge in [-0.2, -0.15) is 0 Å². The standard InChI is InChI=1S/C19H29N5S.HI/c1-5-20-19(22-13-11-18-23-14-15(2)25-18)21-12-10-16-6-8-17(9-7-16)24(3)4;/h6-9,14H,5,10-13H2,1-4H3,(H2,20,21,22);1H. The van der Waals surface area contributed by atoms with Gasteiger partial charge in [-0.3, -0.25) is 4.99 Å². The van der Waals surface area contributed by atoms with E-state index in [1.807, 2.05) is 6.20 Å². The van der Waals surface area contributed by atoms with E-state index in [0.29, 0.717) is 0 Å². The molecule has 0 saturated carbocycles. The quantitative estimate of drug-likeness (QED) is 0.340. The summed E-state index contributed by atoms with van der Waals surface area (Å²) in [6.07, 6.45) is 3.79. The number of nitrogens with one attached hydrogen (secondary N) is 2. The van der Waals surface area contributed by atoms with Crippen LogP contribution in [0.15, 0.2) is 35.5 Å². The SMILES string of the molecule is CCNC(=NCCc1ncc(C)s1)NCCc1ccc(N(C)C)cc1.I. The van der Waals surface area contributed by atoms with Gasteiger partial charge in [0.15, 0.2) is 5.96 Å². The fourth-order valence-electron chi connectivity index (χ4n) is 2.41. The molecule has 0 fully saturated rings. The summed E-state index contributed by atoms with van der Waals surface area (Å²) in [5.74, 6) is 0.876. The Kier molecular flexibility index (Phi) is 10.6. The molecule has 26 heavy (non-hydrogen) atoms. The Morgan fingerprint density at radius 3 is 2.46 bits per heavy atom. The highest BCUT2D eigenvalue weighted by Crippen LogP contribution is 2.12. The summed E-state index contributed by atoms with van der Waals surface area (Å²) in [5.41, 5.74) is 2.55. The molecule has 0 spiro atoms. The molecule has 2 N–H and O–H groups in total. The van der Waals surface area contributed by atoms with Crippen LogP contribution in [0, 0.1) is 6.92 Å². The number of nitrogens with zero attached hydrogens (tertiary/aromatic N) is 3. The predicted molar refractivity (Wildman–Crippen MR) is 124 cm³/mol. The van der Waals surface area contributed by atoms with Crippen LogP contribution in [0.2, 0.25) is 0 Å². The molecule has 0 unspecified atom stereocenters. The highest BCUT2D eigenvalue weighted by atomic mass is 127. The van der Waals surface area contributed by atoms with Crippen molar-refractivity contribution in [2.75, 3.05) is 38.6 Å². The van der Waals surface area contributed by atoms with Crippen LogP contribution in [0.1, 0.15) is 22.4 Å². The molecule has 5 nitrogen and oxygen atoms in total. The van der Waals surface area contributed by atoms with Crippen LogP contribution in [0.5, 0.6) is 0 Å². The van der Waals surface area contributed by atoms with Gasteiger partial charge in [-0.05, 0) is 38.0 Å². The second kappa shape index (κ2) is 12.1. The fourth-order valence-corrected chi connectivity index (χ4v) is 3.18. The lowest BCUT2D eigenvalue weighted by Crippen LogP contribution is -2.38. The maximum Gasteiger partial charge on any atom is 0.191 e. The molecule has 0 atom stereocenters. The van der Waals surface area contributed by atoms with Crippen molar-refractivity contribution in [3.63, 3.8) is 0 Å². The Morgan fingerprint density at radius 2 is 1.88 bits per heavy atom. The predicted octanol–water partition coefficient (Wildman–Crippen LogP) is 3.48. The number of aryl methyl sites for hydroxylation is 1. The Hall–Kier alpha value is -1.35. The molecular weight excluding hydrogens is 457 g/mol. The molecule has 144 valence electrons. The summed E-state index contributed by atoms with van der Waals surface area (Å²) < 4.78 is 0. The molecule has 0 aliphatic rings. The first-order chi connectivity index (χ1) is 12.1. The maximum atomic E-state index is 4.64. The van der Waals surface area contributed by atoms with Gasteiger partial charge in [0, 0.05) is 56.9 Å². The number of benzene rings is 1. The number of rotatable bonds is 8. The monoisotopic (exact) mass is 487 g/mol. The second-order valence-corrected chi connectivity index (χ2v) is 7.43. The molecule has 0 radical (unpaired) electrons. The zero-order chi connectivity index (χ0) is 18.1. The molecule has 0 bridgehead atoms. The van der Waals surface area contributed by atoms with Crippen LogP contribution in [0.25, 0.3) is 0 Å². The minimum atomic E-state index is 0. The van der Waals surface area contributed by atoms with Gasteiger partial charge in [0.25, 0.3) is 0 Å². The number of hydrogen-bond acceptors (Lipinski definition) is 4. The topological polar surface area (TPSA) is 52.6 Å². The largest absolute Gasteiger partial charge is 0.378 e. The molecule has 7 heteroatoms. The van der Waals surface area contributed by atoms with E-state index in [-0.39, 0.29) is 24.0 Å². The molecule has 2 aromatic rings. The summed E-state index contributed by atoms with van der Waals surface area (Å²) in [6, 6.07) is 8.69. The minimum absolute atomic E-state index is 0. The Bertz CT molecular complexity index is 667. The number of anilines is 1. The van der Waals surface area contributed by atoms with Gasteiger partial charge in [-0.25, -0.2) is 4.98 Å². The summed E-state index contributed by atoms with van der Waals surface area (Å²) in [5, 5.41) is 7.86. The van der Waals surface area contributed by atoms with Gasteiger partial charge in [0.05, 0.1) is 5.01 Å². The number of guanidine groups is 1. The van der Waals surface area contributed by atoms with E-state index in [1.54, 1.807) is 11.3 Å². The Balaban J connectivity index is 0.00000338. The zero-order valence-corrected chi connectivity index (χ0v) is 19.2.